The number of morpholine rings is 1. The van der Waals surface area contributed by atoms with Crippen LogP contribution in [0.25, 0.3) is 5.69 Å². The lowest BCUT2D eigenvalue weighted by molar-refractivity contribution is -0.0498. The second kappa shape index (κ2) is 10.3. The highest BCUT2D eigenvalue weighted by atomic mass is 35.5. The summed E-state index contributed by atoms with van der Waals surface area (Å²) in [6, 6.07) is 13.3. The summed E-state index contributed by atoms with van der Waals surface area (Å²) in [5, 5.41) is 13.8. The Hall–Kier alpha value is -3.08. The van der Waals surface area contributed by atoms with Crippen LogP contribution in [-0.4, -0.2) is 47.2 Å². The maximum atomic E-state index is 12.5. The zero-order valence-electron chi connectivity index (χ0n) is 16.2. The molecule has 31 heavy (non-hydrogen) atoms. The van der Waals surface area contributed by atoms with Crippen molar-refractivity contribution in [2.24, 2.45) is 0 Å². The number of nitrogens with one attached hydrogen (secondary N) is 2. The summed E-state index contributed by atoms with van der Waals surface area (Å²) >= 11 is 0. The minimum atomic E-state index is -2.89. The molecule has 0 radical (unpaired) electrons. The lowest BCUT2D eigenvalue weighted by Crippen LogP contribution is -2.33. The monoisotopic (exact) mass is 451 g/mol. The van der Waals surface area contributed by atoms with Gasteiger partial charge in [-0.2, -0.15) is 8.78 Å². The lowest BCUT2D eigenvalue weighted by atomic mass is 10.1. The van der Waals surface area contributed by atoms with Crippen LogP contribution in [0.2, 0.25) is 0 Å². The minimum absolute atomic E-state index is 0. The van der Waals surface area contributed by atoms with Crippen molar-refractivity contribution < 1.29 is 23.0 Å². The summed E-state index contributed by atoms with van der Waals surface area (Å²) in [4.78, 5) is 12.5. The molecule has 2 N–H and O–H groups in total. The molecule has 164 valence electrons. The van der Waals surface area contributed by atoms with Crippen molar-refractivity contribution in [1.82, 2.24) is 20.3 Å². The molecule has 1 aliphatic heterocycles. The number of benzene rings is 2. The van der Waals surface area contributed by atoms with Gasteiger partial charge in [-0.1, -0.05) is 17.3 Å². The van der Waals surface area contributed by atoms with Gasteiger partial charge in [-0.15, -0.1) is 17.5 Å². The van der Waals surface area contributed by atoms with Crippen molar-refractivity contribution in [3.05, 3.63) is 66.0 Å². The van der Waals surface area contributed by atoms with E-state index in [0.29, 0.717) is 18.0 Å². The van der Waals surface area contributed by atoms with E-state index in [4.69, 9.17) is 4.74 Å². The quantitative estimate of drug-likeness (QED) is 0.598. The number of hydrogen-bond acceptors (Lipinski definition) is 6. The Morgan fingerprint density at radius 1 is 1.19 bits per heavy atom. The van der Waals surface area contributed by atoms with E-state index in [1.807, 2.05) is 12.1 Å². The number of carbonyl (C=O) groups is 1. The van der Waals surface area contributed by atoms with Gasteiger partial charge in [0, 0.05) is 18.8 Å². The highest BCUT2D eigenvalue weighted by Gasteiger charge is 2.16. The summed E-state index contributed by atoms with van der Waals surface area (Å²) in [6.07, 6.45) is 1.45. The molecule has 4 rings (SSSR count). The van der Waals surface area contributed by atoms with E-state index < -0.39 is 12.5 Å². The molecule has 3 aromatic rings. The number of halogens is 3. The van der Waals surface area contributed by atoms with E-state index >= 15 is 0 Å². The topological polar surface area (TPSA) is 90.3 Å². The van der Waals surface area contributed by atoms with Crippen molar-refractivity contribution in [3.8, 4) is 11.4 Å². The van der Waals surface area contributed by atoms with Crippen LogP contribution in [0.1, 0.15) is 22.2 Å². The zero-order chi connectivity index (χ0) is 20.9. The smallest absolute Gasteiger partial charge is 0.387 e. The largest absolute Gasteiger partial charge is 0.435 e. The summed E-state index contributed by atoms with van der Waals surface area (Å²) in [5.74, 6) is -0.382. The average molecular weight is 452 g/mol. The van der Waals surface area contributed by atoms with E-state index in [2.05, 4.69) is 25.7 Å². The maximum Gasteiger partial charge on any atom is 0.387 e. The Morgan fingerprint density at radius 2 is 1.94 bits per heavy atom. The second-order valence-corrected chi connectivity index (χ2v) is 6.56. The number of alkyl halides is 2. The molecule has 0 bridgehead atoms. The third-order valence-electron chi connectivity index (χ3n) is 4.52. The van der Waals surface area contributed by atoms with E-state index in [9.17, 15) is 13.6 Å². The van der Waals surface area contributed by atoms with E-state index in [-0.39, 0.29) is 30.0 Å². The van der Waals surface area contributed by atoms with Crippen LogP contribution in [0.4, 0.5) is 14.5 Å². The molecule has 1 saturated heterocycles. The molecule has 0 aliphatic carbocycles. The standard InChI is InChI=1S/C20H19F2N5O3.ClH/c21-20(22)30-16-7-5-15(6-8-16)27-12-17(25-26-27)19(28)24-14-3-1-13(2-4-14)18-11-23-9-10-29-18;/h1-8,12,18,20,23H,9-11H2,(H,24,28);1H. The third-order valence-corrected chi connectivity index (χ3v) is 4.52. The van der Waals surface area contributed by atoms with Gasteiger partial charge in [-0.25, -0.2) is 4.68 Å². The van der Waals surface area contributed by atoms with Gasteiger partial charge >= 0.3 is 6.61 Å². The molecular formula is C20H20ClF2N5O3. The van der Waals surface area contributed by atoms with Crippen molar-refractivity contribution in [3.63, 3.8) is 0 Å². The number of amides is 1. The Bertz CT molecular complexity index is 993. The predicted molar refractivity (Wildman–Crippen MR) is 111 cm³/mol. The zero-order valence-corrected chi connectivity index (χ0v) is 17.0. The van der Waals surface area contributed by atoms with Gasteiger partial charge in [0.15, 0.2) is 5.69 Å². The number of ether oxygens (including phenoxy) is 2. The lowest BCUT2D eigenvalue weighted by Gasteiger charge is -2.24. The fraction of sp³-hybridized carbons (Fsp3) is 0.250. The third kappa shape index (κ3) is 5.75. The highest BCUT2D eigenvalue weighted by molar-refractivity contribution is 6.02. The van der Waals surface area contributed by atoms with Crippen LogP contribution in [0.3, 0.4) is 0 Å². The summed E-state index contributed by atoms with van der Waals surface area (Å²) in [7, 11) is 0. The molecule has 1 atom stereocenters. The predicted octanol–water partition coefficient (Wildman–Crippen LogP) is 3.20. The van der Waals surface area contributed by atoms with Gasteiger partial charge in [0.25, 0.3) is 5.91 Å². The molecule has 2 aromatic carbocycles. The van der Waals surface area contributed by atoms with Crippen LogP contribution in [0.5, 0.6) is 5.75 Å². The fourth-order valence-electron chi connectivity index (χ4n) is 3.03. The number of hydrogen-bond donors (Lipinski definition) is 2. The van der Waals surface area contributed by atoms with Gasteiger partial charge in [-0.05, 0) is 42.0 Å². The fourth-order valence-corrected chi connectivity index (χ4v) is 3.03. The van der Waals surface area contributed by atoms with Crippen molar-refractivity contribution in [2.75, 3.05) is 25.0 Å². The van der Waals surface area contributed by atoms with Gasteiger partial charge in [-0.3, -0.25) is 4.79 Å². The number of aromatic nitrogens is 3. The number of nitrogens with zero attached hydrogens (tertiary/aromatic N) is 3. The Labute approximate surface area is 182 Å². The normalized spacial score (nSPS) is 15.9. The van der Waals surface area contributed by atoms with Crippen LogP contribution in [0.15, 0.2) is 54.7 Å². The first-order valence-corrected chi connectivity index (χ1v) is 9.30. The van der Waals surface area contributed by atoms with Crippen molar-refractivity contribution in [1.29, 1.82) is 0 Å². The van der Waals surface area contributed by atoms with E-state index in [0.717, 1.165) is 18.7 Å². The van der Waals surface area contributed by atoms with E-state index in [1.165, 1.54) is 35.1 Å². The Balaban J connectivity index is 0.00000272. The molecule has 0 saturated carbocycles. The molecule has 0 spiro atoms. The highest BCUT2D eigenvalue weighted by Crippen LogP contribution is 2.21. The van der Waals surface area contributed by atoms with Crippen molar-refractivity contribution >= 4 is 24.0 Å². The molecule has 8 nitrogen and oxygen atoms in total. The van der Waals surface area contributed by atoms with Gasteiger partial charge < -0.3 is 20.1 Å². The average Bonchev–Trinajstić information content (AvgIpc) is 3.25. The molecule has 1 aromatic heterocycles. The SMILES string of the molecule is Cl.O=C(Nc1ccc(C2CNCCO2)cc1)c1cn(-c2ccc(OC(F)F)cc2)nn1. The molecule has 1 amide bonds. The van der Waals surface area contributed by atoms with Crippen LogP contribution < -0.4 is 15.4 Å². The van der Waals surface area contributed by atoms with Crippen molar-refractivity contribution in [2.45, 2.75) is 12.7 Å². The van der Waals surface area contributed by atoms with Gasteiger partial charge in [0.05, 0.1) is 24.6 Å². The Kier molecular flexibility index (Phi) is 7.50. The van der Waals surface area contributed by atoms with E-state index in [1.54, 1.807) is 12.1 Å². The molecule has 11 heteroatoms. The first kappa shape index (κ1) is 22.6. The van der Waals surface area contributed by atoms with Crippen LogP contribution in [0, 0.1) is 0 Å². The molecular weight excluding hydrogens is 432 g/mol. The molecule has 1 aliphatic rings. The first-order valence-electron chi connectivity index (χ1n) is 9.30. The summed E-state index contributed by atoms with van der Waals surface area (Å²) in [5.41, 5.74) is 2.32. The second-order valence-electron chi connectivity index (χ2n) is 6.56. The molecule has 1 unspecified atom stereocenters. The van der Waals surface area contributed by atoms with Gasteiger partial charge in [0.1, 0.15) is 5.75 Å². The number of anilines is 1. The number of carbonyl (C=O) groups excluding carboxylic acids is 1. The maximum absolute atomic E-state index is 12.5. The summed E-state index contributed by atoms with van der Waals surface area (Å²) in [6.45, 7) is -0.623. The van der Waals surface area contributed by atoms with Crippen LogP contribution in [-0.2, 0) is 4.74 Å². The molecule has 2 heterocycles. The van der Waals surface area contributed by atoms with Gasteiger partial charge in [0.2, 0.25) is 0 Å². The number of rotatable bonds is 6. The minimum Gasteiger partial charge on any atom is -0.435 e. The first-order chi connectivity index (χ1) is 14.6. The Morgan fingerprint density at radius 3 is 2.58 bits per heavy atom. The molecule has 1 fully saturated rings. The van der Waals surface area contributed by atoms with Crippen LogP contribution >= 0.6 is 12.4 Å². The summed E-state index contributed by atoms with van der Waals surface area (Å²) < 4.78 is 35.8.